The summed E-state index contributed by atoms with van der Waals surface area (Å²) < 4.78 is 0. The number of rotatable bonds is 3. The van der Waals surface area contributed by atoms with E-state index in [1.165, 1.54) is 24.8 Å². The van der Waals surface area contributed by atoms with Crippen molar-refractivity contribution in [3.8, 4) is 0 Å². The molecule has 1 aromatic rings. The van der Waals surface area contributed by atoms with Crippen molar-refractivity contribution in [2.24, 2.45) is 11.8 Å². The number of pyridine rings is 1. The van der Waals surface area contributed by atoms with Gasteiger partial charge in [0.15, 0.2) is 0 Å². The van der Waals surface area contributed by atoms with E-state index in [4.69, 9.17) is 0 Å². The minimum Gasteiger partial charge on any atom is -0.307 e. The predicted molar refractivity (Wildman–Crippen MR) is 71.8 cm³/mol. The molecule has 17 heavy (non-hydrogen) atoms. The zero-order chi connectivity index (χ0) is 12.3. The van der Waals surface area contributed by atoms with E-state index in [-0.39, 0.29) is 0 Å². The Kier molecular flexibility index (Phi) is 4.16. The van der Waals surface area contributed by atoms with Crippen molar-refractivity contribution in [2.45, 2.75) is 52.1 Å². The zero-order valence-corrected chi connectivity index (χ0v) is 11.2. The molecule has 1 aliphatic rings. The molecular formula is C15H24N2. The van der Waals surface area contributed by atoms with Crippen LogP contribution in [-0.4, -0.2) is 11.0 Å². The average molecular weight is 232 g/mol. The maximum absolute atomic E-state index is 4.07. The van der Waals surface area contributed by atoms with E-state index in [0.717, 1.165) is 11.8 Å². The first-order chi connectivity index (χ1) is 8.16. The van der Waals surface area contributed by atoms with Crippen molar-refractivity contribution >= 4 is 0 Å². The highest BCUT2D eigenvalue weighted by atomic mass is 14.9. The first-order valence-electron chi connectivity index (χ1n) is 6.82. The van der Waals surface area contributed by atoms with E-state index in [9.17, 15) is 0 Å². The molecule has 2 rings (SSSR count). The van der Waals surface area contributed by atoms with Crippen molar-refractivity contribution < 1.29 is 0 Å². The molecule has 2 nitrogen and oxygen atoms in total. The number of hydrogen-bond donors (Lipinski definition) is 1. The third kappa shape index (κ3) is 3.29. The third-order valence-electron chi connectivity index (χ3n) is 4.29. The molecule has 2 heteroatoms. The van der Waals surface area contributed by atoms with E-state index >= 15 is 0 Å². The largest absolute Gasteiger partial charge is 0.307 e. The van der Waals surface area contributed by atoms with Gasteiger partial charge in [0.05, 0.1) is 0 Å². The minimum absolute atomic E-state index is 0.434. The molecule has 0 aromatic carbocycles. The Hall–Kier alpha value is -0.890. The summed E-state index contributed by atoms with van der Waals surface area (Å²) in [4.78, 5) is 4.07. The van der Waals surface area contributed by atoms with E-state index in [0.29, 0.717) is 12.1 Å². The lowest BCUT2D eigenvalue weighted by Gasteiger charge is -2.34. The smallest absolute Gasteiger partial charge is 0.0295 e. The average Bonchev–Trinajstić information content (AvgIpc) is 2.35. The van der Waals surface area contributed by atoms with E-state index < -0.39 is 0 Å². The Morgan fingerprint density at radius 3 is 2.53 bits per heavy atom. The van der Waals surface area contributed by atoms with Gasteiger partial charge in [-0.2, -0.15) is 0 Å². The molecule has 1 heterocycles. The number of hydrogen-bond acceptors (Lipinski definition) is 2. The fraction of sp³-hybridized carbons (Fsp3) is 0.667. The summed E-state index contributed by atoms with van der Waals surface area (Å²) in [5.41, 5.74) is 1.34. The Morgan fingerprint density at radius 2 is 1.88 bits per heavy atom. The maximum atomic E-state index is 4.07. The molecule has 1 aliphatic carbocycles. The Labute approximate surface area is 105 Å². The summed E-state index contributed by atoms with van der Waals surface area (Å²) in [6, 6.07) is 5.33. The van der Waals surface area contributed by atoms with Crippen LogP contribution in [0.25, 0.3) is 0 Å². The zero-order valence-electron chi connectivity index (χ0n) is 11.2. The summed E-state index contributed by atoms with van der Waals surface area (Å²) in [6.45, 7) is 7.01. The van der Waals surface area contributed by atoms with Gasteiger partial charge in [0.2, 0.25) is 0 Å². The van der Waals surface area contributed by atoms with Gasteiger partial charge >= 0.3 is 0 Å². The van der Waals surface area contributed by atoms with Gasteiger partial charge in [0, 0.05) is 24.5 Å². The molecule has 0 aliphatic heterocycles. The van der Waals surface area contributed by atoms with Gasteiger partial charge in [0.25, 0.3) is 0 Å². The molecule has 94 valence electrons. The van der Waals surface area contributed by atoms with Crippen molar-refractivity contribution in [1.29, 1.82) is 0 Å². The number of nitrogens with one attached hydrogen (secondary N) is 1. The molecule has 0 bridgehead atoms. The normalized spacial score (nSPS) is 31.1. The van der Waals surface area contributed by atoms with Gasteiger partial charge in [-0.1, -0.05) is 13.8 Å². The molecule has 0 radical (unpaired) electrons. The van der Waals surface area contributed by atoms with Crippen LogP contribution in [0, 0.1) is 11.8 Å². The molecule has 1 aromatic heterocycles. The molecular weight excluding hydrogens is 208 g/mol. The predicted octanol–water partition coefficient (Wildman–Crippen LogP) is 3.56. The van der Waals surface area contributed by atoms with Crippen molar-refractivity contribution in [3.63, 3.8) is 0 Å². The Balaban J connectivity index is 1.89. The topological polar surface area (TPSA) is 24.9 Å². The molecule has 3 unspecified atom stereocenters. The van der Waals surface area contributed by atoms with Crippen LogP contribution in [-0.2, 0) is 0 Å². The molecule has 1 fully saturated rings. The van der Waals surface area contributed by atoms with Crippen LogP contribution in [0.3, 0.4) is 0 Å². The highest BCUT2D eigenvalue weighted by Crippen LogP contribution is 2.30. The van der Waals surface area contributed by atoms with Gasteiger partial charge in [-0.05, 0) is 55.7 Å². The second kappa shape index (κ2) is 5.63. The summed E-state index contributed by atoms with van der Waals surface area (Å²) in [7, 11) is 0. The first-order valence-corrected chi connectivity index (χ1v) is 6.82. The molecule has 0 spiro atoms. The minimum atomic E-state index is 0.434. The lowest BCUT2D eigenvalue weighted by Crippen LogP contribution is -2.37. The van der Waals surface area contributed by atoms with Crippen LogP contribution < -0.4 is 5.32 Å². The molecule has 0 saturated heterocycles. The van der Waals surface area contributed by atoms with Crippen molar-refractivity contribution in [3.05, 3.63) is 30.1 Å². The second-order valence-electron chi connectivity index (χ2n) is 5.63. The molecule has 1 saturated carbocycles. The molecule has 4 atom stereocenters. The van der Waals surface area contributed by atoms with E-state index in [2.05, 4.69) is 43.2 Å². The van der Waals surface area contributed by atoms with Crippen LogP contribution in [0.15, 0.2) is 24.5 Å². The van der Waals surface area contributed by atoms with Crippen molar-refractivity contribution in [2.75, 3.05) is 0 Å². The third-order valence-corrected chi connectivity index (χ3v) is 4.29. The summed E-state index contributed by atoms with van der Waals surface area (Å²) >= 11 is 0. The van der Waals surface area contributed by atoms with Crippen LogP contribution in [0.2, 0.25) is 0 Å². The second-order valence-corrected chi connectivity index (χ2v) is 5.63. The van der Waals surface area contributed by atoms with Crippen molar-refractivity contribution in [1.82, 2.24) is 10.3 Å². The Bertz CT molecular complexity index is 336. The standard InChI is InChI=1S/C15H24N2/c1-11-4-5-15(10-12(11)2)17-13(3)14-6-8-16-9-7-14/h6-9,11-13,15,17H,4-5,10H2,1-3H3/t11?,12?,13-,15?/m1/s1. The Morgan fingerprint density at radius 1 is 1.18 bits per heavy atom. The van der Waals surface area contributed by atoms with Crippen LogP contribution in [0.5, 0.6) is 0 Å². The SMILES string of the molecule is CC1CCC(N[C@H](C)c2ccncc2)CC1C. The van der Waals surface area contributed by atoms with Crippen LogP contribution >= 0.6 is 0 Å². The van der Waals surface area contributed by atoms with Gasteiger partial charge in [-0.25, -0.2) is 0 Å². The van der Waals surface area contributed by atoms with Gasteiger partial charge < -0.3 is 5.32 Å². The van der Waals surface area contributed by atoms with E-state index in [1.54, 1.807) is 0 Å². The number of aromatic nitrogens is 1. The number of nitrogens with zero attached hydrogens (tertiary/aromatic N) is 1. The van der Waals surface area contributed by atoms with Gasteiger partial charge in [-0.3, -0.25) is 4.98 Å². The highest BCUT2D eigenvalue weighted by molar-refractivity contribution is 5.14. The fourth-order valence-corrected chi connectivity index (χ4v) is 2.80. The van der Waals surface area contributed by atoms with Gasteiger partial charge in [-0.15, -0.1) is 0 Å². The summed E-state index contributed by atoms with van der Waals surface area (Å²) in [5.74, 6) is 1.75. The molecule has 0 amide bonds. The van der Waals surface area contributed by atoms with Crippen LogP contribution in [0.4, 0.5) is 0 Å². The lowest BCUT2D eigenvalue weighted by molar-refractivity contribution is 0.217. The maximum Gasteiger partial charge on any atom is 0.0295 e. The monoisotopic (exact) mass is 232 g/mol. The van der Waals surface area contributed by atoms with Crippen LogP contribution in [0.1, 0.15) is 51.6 Å². The summed E-state index contributed by atoms with van der Waals surface area (Å²) in [5, 5.41) is 3.76. The molecule has 1 N–H and O–H groups in total. The summed E-state index contributed by atoms with van der Waals surface area (Å²) in [6.07, 6.45) is 7.75. The highest BCUT2D eigenvalue weighted by Gasteiger charge is 2.25. The lowest BCUT2D eigenvalue weighted by atomic mass is 9.79. The van der Waals surface area contributed by atoms with E-state index in [1.807, 2.05) is 12.4 Å². The fourth-order valence-electron chi connectivity index (χ4n) is 2.80. The van der Waals surface area contributed by atoms with Gasteiger partial charge in [0.1, 0.15) is 0 Å². The quantitative estimate of drug-likeness (QED) is 0.862. The first kappa shape index (κ1) is 12.6.